The molecule has 0 saturated heterocycles. The molecule has 0 spiro atoms. The lowest BCUT2D eigenvalue weighted by atomic mass is 10.8. The molecule has 0 radical (unpaired) electrons. The first-order valence-electron chi connectivity index (χ1n) is 2.01. The minimum atomic E-state index is 0.222. The fourth-order valence-electron chi connectivity index (χ4n) is 0. The predicted octanol–water partition coefficient (Wildman–Crippen LogP) is 0.641. The highest BCUT2D eigenvalue weighted by Crippen LogP contribution is 1.42. The van der Waals surface area contributed by atoms with Crippen molar-refractivity contribution in [3.8, 4) is 0 Å². The molecule has 0 fully saturated rings. The van der Waals surface area contributed by atoms with Crippen molar-refractivity contribution in [2.45, 2.75) is 6.92 Å². The van der Waals surface area contributed by atoms with E-state index < -0.39 is 0 Å². The topological polar surface area (TPSA) is 29.1 Å². The van der Waals surface area contributed by atoms with Gasteiger partial charge in [0.2, 0.25) is 5.75 Å². The van der Waals surface area contributed by atoms with Gasteiger partial charge < -0.3 is 5.32 Å². The van der Waals surface area contributed by atoms with Crippen molar-refractivity contribution in [1.82, 2.24) is 5.32 Å². The predicted molar refractivity (Wildman–Crippen MR) is 32.2 cm³/mol. The Morgan fingerprint density at radius 3 is 2.00 bits per heavy atom. The van der Waals surface area contributed by atoms with E-state index in [9.17, 15) is 0 Å². The summed E-state index contributed by atoms with van der Waals surface area (Å²) in [7, 11) is 1.93. The Kier molecular flexibility index (Phi) is 24.1. The molecule has 1 N–H and O–H groups in total. The van der Waals surface area contributed by atoms with E-state index in [4.69, 9.17) is 4.79 Å². The van der Waals surface area contributed by atoms with Crippen LogP contribution in [0.3, 0.4) is 0 Å². The van der Waals surface area contributed by atoms with E-state index in [1.165, 1.54) is 0 Å². The Hall–Kier alpha value is -0.0800. The average molecular weight is 124 g/mol. The zero-order valence-electron chi connectivity index (χ0n) is 4.57. The highest BCUT2D eigenvalue weighted by molar-refractivity contribution is 6.54. The smallest absolute Gasteiger partial charge is 0.208 e. The summed E-state index contributed by atoms with van der Waals surface area (Å²) in [5.41, 5.74) is 0. The van der Waals surface area contributed by atoms with Crippen LogP contribution >= 0.6 is 11.6 Å². The zero-order valence-corrected chi connectivity index (χ0v) is 5.33. The van der Waals surface area contributed by atoms with E-state index in [0.717, 1.165) is 6.54 Å². The van der Waals surface area contributed by atoms with E-state index in [0.29, 0.717) is 0 Å². The average Bonchev–Trinajstić information content (AvgIpc) is 1.69. The molecule has 0 aliphatic heterocycles. The van der Waals surface area contributed by atoms with Crippen molar-refractivity contribution in [1.29, 1.82) is 0 Å². The minimum Gasteiger partial charge on any atom is -0.320 e. The highest BCUT2D eigenvalue weighted by atomic mass is 35.5. The summed E-state index contributed by atoms with van der Waals surface area (Å²) in [5, 5.41) is 2.93. The van der Waals surface area contributed by atoms with Crippen LogP contribution in [0.25, 0.3) is 0 Å². The summed E-state index contributed by atoms with van der Waals surface area (Å²) in [6.45, 7) is 3.14. The van der Waals surface area contributed by atoms with Crippen molar-refractivity contribution in [3.05, 3.63) is 0 Å². The van der Waals surface area contributed by atoms with Gasteiger partial charge in [-0.25, -0.2) is 0 Å². The highest BCUT2D eigenvalue weighted by Gasteiger charge is 1.50. The van der Waals surface area contributed by atoms with E-state index in [2.05, 4.69) is 23.8 Å². The lowest BCUT2D eigenvalue weighted by Crippen LogP contribution is -2.01. The van der Waals surface area contributed by atoms with Crippen LogP contribution in [0.4, 0.5) is 0 Å². The maximum Gasteiger partial charge on any atom is 0.208 e. The van der Waals surface area contributed by atoms with Crippen molar-refractivity contribution in [2.75, 3.05) is 13.6 Å². The Morgan fingerprint density at radius 2 is 2.00 bits per heavy atom. The van der Waals surface area contributed by atoms with Crippen LogP contribution in [0, 0.1) is 0 Å². The summed E-state index contributed by atoms with van der Waals surface area (Å²) in [6, 6.07) is 0. The van der Waals surface area contributed by atoms with Gasteiger partial charge >= 0.3 is 0 Å². The zero-order chi connectivity index (χ0) is 6.12. The molecule has 0 saturated carbocycles. The number of nitrogens with one attached hydrogen (secondary N) is 1. The molecule has 3 heteroatoms. The Labute approximate surface area is 48.9 Å². The first-order chi connectivity index (χ1) is 3.33. The Morgan fingerprint density at radius 1 is 1.86 bits per heavy atom. The van der Waals surface area contributed by atoms with Gasteiger partial charge in [-0.3, -0.25) is 4.79 Å². The van der Waals surface area contributed by atoms with E-state index in [1.807, 2.05) is 7.05 Å². The minimum absolute atomic E-state index is 0.222. The Balaban J connectivity index is 0. The summed E-state index contributed by atoms with van der Waals surface area (Å²) in [5.74, 6) is 0.222. The molecule has 0 unspecified atom stereocenters. The van der Waals surface area contributed by atoms with Crippen molar-refractivity contribution >= 4 is 17.3 Å². The molecule has 0 aliphatic rings. The molecule has 0 aromatic carbocycles. The summed E-state index contributed by atoms with van der Waals surface area (Å²) >= 11 is 4.32. The number of hydrogen-bond acceptors (Lipinski definition) is 2. The molecule has 0 heterocycles. The van der Waals surface area contributed by atoms with Crippen molar-refractivity contribution in [2.24, 2.45) is 0 Å². The van der Waals surface area contributed by atoms with Crippen LogP contribution in [0.5, 0.6) is 0 Å². The molecule has 0 amide bonds. The van der Waals surface area contributed by atoms with Gasteiger partial charge in [0, 0.05) is 0 Å². The van der Waals surface area contributed by atoms with E-state index in [-0.39, 0.29) is 5.75 Å². The second-order valence-corrected chi connectivity index (χ2v) is 0.974. The first kappa shape index (κ1) is 10.0. The summed E-state index contributed by atoms with van der Waals surface area (Å²) < 4.78 is 0. The van der Waals surface area contributed by atoms with E-state index in [1.54, 1.807) is 0 Å². The van der Waals surface area contributed by atoms with Gasteiger partial charge in [0.25, 0.3) is 0 Å². The third kappa shape index (κ3) is 107. The third-order valence-electron chi connectivity index (χ3n) is 0.354. The second-order valence-electron chi connectivity index (χ2n) is 0.796. The van der Waals surface area contributed by atoms with Crippen LogP contribution < -0.4 is 5.32 Å². The van der Waals surface area contributed by atoms with Crippen molar-refractivity contribution in [3.63, 3.8) is 0 Å². The molecule has 0 aromatic rings. The van der Waals surface area contributed by atoms with Crippen LogP contribution in [0.1, 0.15) is 6.92 Å². The van der Waals surface area contributed by atoms with E-state index >= 15 is 0 Å². The van der Waals surface area contributed by atoms with Gasteiger partial charge in [0.15, 0.2) is 0 Å². The lowest BCUT2D eigenvalue weighted by Gasteiger charge is -1.76. The SMILES string of the molecule is CCNC.O=CCl. The van der Waals surface area contributed by atoms with Gasteiger partial charge in [0.1, 0.15) is 0 Å². The largest absolute Gasteiger partial charge is 0.320 e. The number of carbonyl (C=O) groups is 1. The summed E-state index contributed by atoms with van der Waals surface area (Å²) in [4.78, 5) is 8.57. The molecule has 0 aromatic heterocycles. The van der Waals surface area contributed by atoms with Gasteiger partial charge in [-0.05, 0) is 25.2 Å². The maximum atomic E-state index is 8.57. The molecular weight excluding hydrogens is 114 g/mol. The van der Waals surface area contributed by atoms with Crippen LogP contribution in [-0.2, 0) is 4.79 Å². The van der Waals surface area contributed by atoms with Gasteiger partial charge in [-0.2, -0.15) is 0 Å². The molecule has 2 nitrogen and oxygen atoms in total. The number of hydrogen-bond donors (Lipinski definition) is 1. The van der Waals surface area contributed by atoms with Crippen LogP contribution in [0.2, 0.25) is 0 Å². The fourth-order valence-corrected chi connectivity index (χ4v) is 0. The second kappa shape index (κ2) is 16.8. The molecule has 44 valence electrons. The fraction of sp³-hybridized carbons (Fsp3) is 0.750. The molecule has 7 heavy (non-hydrogen) atoms. The number of carbonyl (C=O) groups excluding carboxylic acids is 1. The summed E-state index contributed by atoms with van der Waals surface area (Å²) in [6.07, 6.45) is 0. The van der Waals surface area contributed by atoms with Crippen molar-refractivity contribution < 1.29 is 4.79 Å². The molecular formula is C4H10ClNO. The van der Waals surface area contributed by atoms with Gasteiger partial charge in [-0.15, -0.1) is 0 Å². The molecule has 0 bridgehead atoms. The van der Waals surface area contributed by atoms with Gasteiger partial charge in [-0.1, -0.05) is 6.92 Å². The third-order valence-corrected chi connectivity index (χ3v) is 0.354. The quantitative estimate of drug-likeness (QED) is 0.410. The monoisotopic (exact) mass is 123 g/mol. The molecule has 0 aliphatic carbocycles. The lowest BCUT2D eigenvalue weighted by molar-refractivity contribution is 0.569. The van der Waals surface area contributed by atoms with Gasteiger partial charge in [0.05, 0.1) is 0 Å². The maximum absolute atomic E-state index is 8.57. The molecule has 0 atom stereocenters. The normalized spacial score (nSPS) is 6.14. The number of halogens is 1. The Bertz CT molecular complexity index is 30.9. The number of rotatable bonds is 1. The first-order valence-corrected chi connectivity index (χ1v) is 2.45. The van der Waals surface area contributed by atoms with Crippen LogP contribution in [0.15, 0.2) is 0 Å². The molecule has 0 rings (SSSR count). The standard InChI is InChI=1S/C3H9N.CHClO/c1-3-4-2;2-1-3/h4H,3H2,1-2H3;1H. The van der Waals surface area contributed by atoms with Crippen LogP contribution in [-0.4, -0.2) is 19.3 Å².